The number of fused-ring (bicyclic) bond motifs is 5. The molecule has 3 fully saturated rings. The second-order valence-electron chi connectivity index (χ2n) is 9.51. The van der Waals surface area contributed by atoms with Gasteiger partial charge in [-0.25, -0.2) is 9.97 Å². The standard InChI is InChI=1S/C26H24IN7O/c27-17-11-16-20(12-22(17)34-10-7-28-14-34)32-26(35)23(25-30-18-3-1-2-4-19(18)31-25)24(16)29-21-13-33-8-5-15(21)6-9-33/h1-4,7,10-12,14-15,21H,5-6,8-9,13H2,(H,30,31)(H2,29,32,35)/t21-/m0/s1. The monoisotopic (exact) mass is 577 g/mol. The van der Waals surface area contributed by atoms with E-state index in [1.54, 1.807) is 12.5 Å². The fourth-order valence-electron chi connectivity index (χ4n) is 5.67. The molecule has 8 nitrogen and oxygen atoms in total. The van der Waals surface area contributed by atoms with Crippen LogP contribution in [-0.4, -0.2) is 55.1 Å². The fourth-order valence-corrected chi connectivity index (χ4v) is 6.41. The number of anilines is 1. The third kappa shape index (κ3) is 3.56. The van der Waals surface area contributed by atoms with Crippen molar-refractivity contribution in [1.29, 1.82) is 0 Å². The Balaban J connectivity index is 1.45. The number of halogens is 1. The minimum absolute atomic E-state index is 0.155. The predicted molar refractivity (Wildman–Crippen MR) is 146 cm³/mol. The van der Waals surface area contributed by atoms with Gasteiger partial charge >= 0.3 is 0 Å². The highest BCUT2D eigenvalue weighted by atomic mass is 127. The fraction of sp³-hybridized carbons (Fsp3) is 0.269. The van der Waals surface area contributed by atoms with Gasteiger partial charge in [0, 0.05) is 33.9 Å². The van der Waals surface area contributed by atoms with Gasteiger partial charge in [-0.1, -0.05) is 12.1 Å². The van der Waals surface area contributed by atoms with Crippen molar-refractivity contribution in [3.8, 4) is 17.1 Å². The molecule has 2 bridgehead atoms. The molecule has 35 heavy (non-hydrogen) atoms. The number of aromatic amines is 2. The lowest BCUT2D eigenvalue weighted by atomic mass is 9.83. The van der Waals surface area contributed by atoms with E-state index in [4.69, 9.17) is 4.98 Å². The molecular formula is C26H24IN7O. The zero-order valence-corrected chi connectivity index (χ0v) is 21.1. The van der Waals surface area contributed by atoms with E-state index in [0.29, 0.717) is 23.3 Å². The summed E-state index contributed by atoms with van der Waals surface area (Å²) in [5.74, 6) is 1.20. The summed E-state index contributed by atoms with van der Waals surface area (Å²) in [4.78, 5) is 31.7. The van der Waals surface area contributed by atoms with E-state index in [2.05, 4.69) is 53.8 Å². The third-order valence-corrected chi connectivity index (χ3v) is 8.34. The van der Waals surface area contributed by atoms with Gasteiger partial charge in [-0.15, -0.1) is 0 Å². The van der Waals surface area contributed by atoms with Crippen molar-refractivity contribution in [3.05, 3.63) is 69.0 Å². The molecule has 0 aliphatic carbocycles. The zero-order valence-electron chi connectivity index (χ0n) is 19.0. The van der Waals surface area contributed by atoms with Gasteiger partial charge in [-0.05, 0) is 78.7 Å². The summed E-state index contributed by atoms with van der Waals surface area (Å²) in [7, 11) is 0. The predicted octanol–water partition coefficient (Wildman–Crippen LogP) is 4.37. The summed E-state index contributed by atoms with van der Waals surface area (Å²) in [5, 5.41) is 4.84. The Hall–Kier alpha value is -3.18. The first-order chi connectivity index (χ1) is 17.1. The molecule has 0 amide bonds. The minimum atomic E-state index is -0.155. The summed E-state index contributed by atoms with van der Waals surface area (Å²) in [6.45, 7) is 3.34. The van der Waals surface area contributed by atoms with Gasteiger partial charge in [0.05, 0.1) is 34.3 Å². The molecule has 5 aromatic rings. The second kappa shape index (κ2) is 8.20. The van der Waals surface area contributed by atoms with Crippen LogP contribution in [0.25, 0.3) is 39.0 Å². The van der Waals surface area contributed by atoms with Gasteiger partial charge in [0.25, 0.3) is 5.56 Å². The van der Waals surface area contributed by atoms with Crippen LogP contribution in [0.15, 0.2) is 59.9 Å². The summed E-state index contributed by atoms with van der Waals surface area (Å²) < 4.78 is 3.04. The molecule has 3 saturated heterocycles. The second-order valence-corrected chi connectivity index (χ2v) is 10.7. The van der Waals surface area contributed by atoms with Crippen molar-refractivity contribution >= 4 is 50.2 Å². The van der Waals surface area contributed by atoms with Crippen LogP contribution in [-0.2, 0) is 0 Å². The van der Waals surface area contributed by atoms with Crippen molar-refractivity contribution in [2.24, 2.45) is 5.92 Å². The minimum Gasteiger partial charge on any atom is -0.379 e. The van der Waals surface area contributed by atoms with Crippen molar-refractivity contribution in [2.45, 2.75) is 18.9 Å². The average molecular weight is 577 g/mol. The lowest BCUT2D eigenvalue weighted by Gasteiger charge is -2.45. The number of pyridine rings is 1. The van der Waals surface area contributed by atoms with Crippen LogP contribution in [0.3, 0.4) is 0 Å². The first kappa shape index (κ1) is 21.1. The molecule has 3 aliphatic heterocycles. The normalized spacial score (nSPS) is 21.7. The van der Waals surface area contributed by atoms with Gasteiger partial charge in [-0.3, -0.25) is 4.79 Å². The highest BCUT2D eigenvalue weighted by Gasteiger charge is 2.35. The molecule has 2 aromatic carbocycles. The Bertz CT molecular complexity index is 1580. The van der Waals surface area contributed by atoms with Crippen molar-refractivity contribution in [3.63, 3.8) is 0 Å². The zero-order chi connectivity index (χ0) is 23.5. The number of hydrogen-bond donors (Lipinski definition) is 3. The Labute approximate surface area is 214 Å². The number of nitrogens with one attached hydrogen (secondary N) is 3. The largest absolute Gasteiger partial charge is 0.379 e. The molecule has 9 heteroatoms. The van der Waals surface area contributed by atoms with Crippen LogP contribution in [0, 0.1) is 9.49 Å². The van der Waals surface area contributed by atoms with Crippen LogP contribution < -0.4 is 10.9 Å². The number of para-hydroxylation sites is 2. The molecule has 3 aliphatic rings. The van der Waals surface area contributed by atoms with Gasteiger partial charge in [0.1, 0.15) is 11.4 Å². The van der Waals surface area contributed by atoms with Crippen LogP contribution in [0.2, 0.25) is 0 Å². The van der Waals surface area contributed by atoms with Crippen molar-refractivity contribution in [2.75, 3.05) is 25.0 Å². The van der Waals surface area contributed by atoms with Gasteiger partial charge in [-0.2, -0.15) is 0 Å². The highest BCUT2D eigenvalue weighted by Crippen LogP contribution is 2.37. The quantitative estimate of drug-likeness (QED) is 0.276. The average Bonchev–Trinajstić information content (AvgIpc) is 3.55. The maximum atomic E-state index is 13.6. The van der Waals surface area contributed by atoms with E-state index in [0.717, 1.165) is 43.4 Å². The van der Waals surface area contributed by atoms with E-state index in [-0.39, 0.29) is 5.56 Å². The summed E-state index contributed by atoms with van der Waals surface area (Å²) >= 11 is 2.36. The maximum absolute atomic E-state index is 13.6. The van der Waals surface area contributed by atoms with Crippen LogP contribution in [0.1, 0.15) is 12.8 Å². The number of aromatic nitrogens is 5. The first-order valence-electron chi connectivity index (χ1n) is 12.0. The van der Waals surface area contributed by atoms with Crippen LogP contribution in [0.4, 0.5) is 5.69 Å². The summed E-state index contributed by atoms with van der Waals surface area (Å²) in [6, 6.07) is 12.4. The van der Waals surface area contributed by atoms with Gasteiger partial charge in [0.15, 0.2) is 0 Å². The summed E-state index contributed by atoms with van der Waals surface area (Å²) in [6.07, 6.45) is 7.84. The number of benzene rings is 2. The van der Waals surface area contributed by atoms with Crippen molar-refractivity contribution < 1.29 is 0 Å². The van der Waals surface area contributed by atoms with E-state index in [9.17, 15) is 4.79 Å². The van der Waals surface area contributed by atoms with Crippen molar-refractivity contribution in [1.82, 2.24) is 29.4 Å². The number of H-pyrrole nitrogens is 2. The molecule has 0 radical (unpaired) electrons. The SMILES string of the molecule is O=c1[nH]c2cc(-n3ccnc3)c(I)cc2c(N[C@H]2CN3CCC2CC3)c1-c1nc2ccccc2[nH]1. The molecule has 0 unspecified atom stereocenters. The van der Waals surface area contributed by atoms with E-state index in [1.165, 1.54) is 25.9 Å². The number of nitrogens with zero attached hydrogens (tertiary/aromatic N) is 4. The molecule has 3 N–H and O–H groups in total. The number of rotatable bonds is 4. The third-order valence-electron chi connectivity index (χ3n) is 7.48. The number of imidazole rings is 2. The molecular weight excluding hydrogens is 553 g/mol. The summed E-state index contributed by atoms with van der Waals surface area (Å²) in [5.41, 5.74) is 4.81. The van der Waals surface area contributed by atoms with Crippen LogP contribution >= 0.6 is 22.6 Å². The maximum Gasteiger partial charge on any atom is 0.261 e. The Morgan fingerprint density at radius 3 is 2.69 bits per heavy atom. The Morgan fingerprint density at radius 1 is 1.09 bits per heavy atom. The molecule has 176 valence electrons. The lowest BCUT2D eigenvalue weighted by Crippen LogP contribution is -2.53. The van der Waals surface area contributed by atoms with E-state index >= 15 is 0 Å². The topological polar surface area (TPSA) is 94.6 Å². The first-order valence-corrected chi connectivity index (χ1v) is 13.0. The number of piperidine rings is 3. The molecule has 1 atom stereocenters. The smallest absolute Gasteiger partial charge is 0.261 e. The lowest BCUT2D eigenvalue weighted by molar-refractivity contribution is 0.0976. The highest BCUT2D eigenvalue weighted by molar-refractivity contribution is 14.1. The van der Waals surface area contributed by atoms with Gasteiger partial charge < -0.3 is 24.8 Å². The van der Waals surface area contributed by atoms with E-state index < -0.39 is 0 Å². The molecule has 8 rings (SSSR count). The molecule has 0 spiro atoms. The molecule has 3 aromatic heterocycles. The Morgan fingerprint density at radius 2 is 1.94 bits per heavy atom. The molecule has 0 saturated carbocycles. The number of hydrogen-bond acceptors (Lipinski definition) is 5. The van der Waals surface area contributed by atoms with Crippen LogP contribution in [0.5, 0.6) is 0 Å². The van der Waals surface area contributed by atoms with E-state index in [1.807, 2.05) is 41.1 Å². The van der Waals surface area contributed by atoms with Gasteiger partial charge in [0.2, 0.25) is 0 Å². The molecule has 6 heterocycles. The Kier molecular flexibility index (Phi) is 4.95.